The van der Waals surface area contributed by atoms with E-state index in [1.165, 1.54) is 30.7 Å². The second kappa shape index (κ2) is 9.24. The Kier molecular flexibility index (Phi) is 6.90. The lowest BCUT2D eigenvalue weighted by molar-refractivity contribution is -0.120. The number of ether oxygens (including phenoxy) is 2. The summed E-state index contributed by atoms with van der Waals surface area (Å²) >= 11 is 6.01. The minimum absolute atomic E-state index is 0.00101. The molecule has 1 N–H and O–H groups in total. The molecule has 1 atom stereocenters. The van der Waals surface area contributed by atoms with Crippen LogP contribution in [0.15, 0.2) is 41.3 Å². The first-order valence-corrected chi connectivity index (χ1v) is 11.4. The predicted molar refractivity (Wildman–Crippen MR) is 116 cm³/mol. The summed E-state index contributed by atoms with van der Waals surface area (Å²) in [5, 5.41) is 3.18. The van der Waals surface area contributed by atoms with Crippen LogP contribution < -0.4 is 14.8 Å². The van der Waals surface area contributed by atoms with Gasteiger partial charge in [-0.15, -0.1) is 0 Å². The molecule has 0 radical (unpaired) electrons. The Bertz CT molecular complexity index is 1040. The third kappa shape index (κ3) is 4.71. The van der Waals surface area contributed by atoms with Gasteiger partial charge in [-0.05, 0) is 55.7 Å². The number of aryl methyl sites for hydroxylation is 1. The molecule has 1 fully saturated rings. The fourth-order valence-electron chi connectivity index (χ4n) is 3.52. The molecule has 0 aromatic heterocycles. The number of hydrogen-bond donors (Lipinski definition) is 1. The largest absolute Gasteiger partial charge is 0.495 e. The summed E-state index contributed by atoms with van der Waals surface area (Å²) < 4.78 is 38.3. The fraction of sp³-hybridized carbons (Fsp3) is 0.381. The average molecular weight is 453 g/mol. The van der Waals surface area contributed by atoms with Crippen LogP contribution >= 0.6 is 11.6 Å². The van der Waals surface area contributed by atoms with E-state index < -0.39 is 15.9 Å². The number of sulfonamides is 1. The summed E-state index contributed by atoms with van der Waals surface area (Å²) in [5.74, 6) is 0.0501. The summed E-state index contributed by atoms with van der Waals surface area (Å²) in [7, 11) is -0.925. The quantitative estimate of drug-likeness (QED) is 0.722. The number of benzene rings is 2. The fourth-order valence-corrected chi connectivity index (χ4v) is 5.46. The SMILES string of the molecule is COc1ccc(C)cc1NC(=O)[C@@H]1CCCN(S(=O)(=O)c2cc(Cl)ccc2OC)C1. The molecule has 30 heavy (non-hydrogen) atoms. The van der Waals surface area contributed by atoms with Gasteiger partial charge < -0.3 is 14.8 Å². The Morgan fingerprint density at radius 2 is 1.83 bits per heavy atom. The lowest BCUT2D eigenvalue weighted by atomic mass is 9.98. The zero-order valence-electron chi connectivity index (χ0n) is 17.1. The molecule has 1 heterocycles. The summed E-state index contributed by atoms with van der Waals surface area (Å²) in [5.41, 5.74) is 1.55. The van der Waals surface area contributed by atoms with E-state index in [1.807, 2.05) is 19.1 Å². The first-order chi connectivity index (χ1) is 14.3. The van der Waals surface area contributed by atoms with Gasteiger partial charge in [0.15, 0.2) is 0 Å². The number of rotatable bonds is 6. The van der Waals surface area contributed by atoms with E-state index in [4.69, 9.17) is 21.1 Å². The van der Waals surface area contributed by atoms with Crippen LogP contribution in [0.3, 0.4) is 0 Å². The Balaban J connectivity index is 1.81. The normalized spacial score (nSPS) is 17.4. The number of carbonyl (C=O) groups is 1. The molecule has 1 aliphatic rings. The van der Waals surface area contributed by atoms with Crippen LogP contribution in [0.25, 0.3) is 0 Å². The molecule has 7 nitrogen and oxygen atoms in total. The lowest BCUT2D eigenvalue weighted by Crippen LogP contribution is -2.43. The third-order valence-corrected chi connectivity index (χ3v) is 7.23. The van der Waals surface area contributed by atoms with Gasteiger partial charge in [0.25, 0.3) is 0 Å². The highest BCUT2D eigenvalue weighted by atomic mass is 35.5. The standard InChI is InChI=1S/C21H25ClN2O5S/c1-14-6-8-18(28-2)17(11-14)23-21(25)15-5-4-10-24(13-15)30(26,27)20-12-16(22)7-9-19(20)29-3/h6-9,11-12,15H,4-5,10,13H2,1-3H3,(H,23,25)/t15-/m1/s1. The molecule has 0 aliphatic carbocycles. The molecule has 3 rings (SSSR count). The molecule has 2 aromatic rings. The van der Waals surface area contributed by atoms with Gasteiger partial charge in [-0.25, -0.2) is 8.42 Å². The third-order valence-electron chi connectivity index (χ3n) is 5.11. The van der Waals surface area contributed by atoms with Crippen molar-refractivity contribution in [2.75, 3.05) is 32.6 Å². The highest BCUT2D eigenvalue weighted by Crippen LogP contribution is 2.33. The van der Waals surface area contributed by atoms with Crippen molar-refractivity contribution in [1.82, 2.24) is 4.31 Å². The minimum atomic E-state index is -3.87. The molecule has 1 aliphatic heterocycles. The van der Waals surface area contributed by atoms with Crippen molar-refractivity contribution in [2.45, 2.75) is 24.7 Å². The Hall–Kier alpha value is -2.29. The van der Waals surface area contributed by atoms with Crippen molar-refractivity contribution in [1.29, 1.82) is 0 Å². The molecule has 0 spiro atoms. The molecule has 1 saturated heterocycles. The number of methoxy groups -OCH3 is 2. The van der Waals surface area contributed by atoms with Crippen LogP contribution in [0.4, 0.5) is 5.69 Å². The molecular weight excluding hydrogens is 428 g/mol. The monoisotopic (exact) mass is 452 g/mol. The van der Waals surface area contributed by atoms with E-state index >= 15 is 0 Å². The van der Waals surface area contributed by atoms with Crippen molar-refractivity contribution in [3.63, 3.8) is 0 Å². The van der Waals surface area contributed by atoms with E-state index in [0.717, 1.165) is 5.56 Å². The summed E-state index contributed by atoms with van der Waals surface area (Å²) in [6.07, 6.45) is 1.17. The van der Waals surface area contributed by atoms with Crippen LogP contribution in [0.1, 0.15) is 18.4 Å². The molecule has 0 bridgehead atoms. The van der Waals surface area contributed by atoms with Crippen molar-refractivity contribution in [3.05, 3.63) is 47.0 Å². The Labute approximate surface area is 182 Å². The van der Waals surface area contributed by atoms with Gasteiger partial charge in [-0.2, -0.15) is 4.31 Å². The maximum absolute atomic E-state index is 13.2. The van der Waals surface area contributed by atoms with Crippen LogP contribution in [0, 0.1) is 12.8 Å². The van der Waals surface area contributed by atoms with Crippen LogP contribution in [0.2, 0.25) is 5.02 Å². The maximum Gasteiger partial charge on any atom is 0.246 e. The van der Waals surface area contributed by atoms with Crippen LogP contribution in [0.5, 0.6) is 11.5 Å². The van der Waals surface area contributed by atoms with Crippen LogP contribution in [-0.2, 0) is 14.8 Å². The number of halogens is 1. The van der Waals surface area contributed by atoms with E-state index in [0.29, 0.717) is 35.8 Å². The summed E-state index contributed by atoms with van der Waals surface area (Å²) in [6.45, 7) is 2.33. The van der Waals surface area contributed by atoms with Gasteiger partial charge in [0.1, 0.15) is 16.4 Å². The number of nitrogens with zero attached hydrogens (tertiary/aromatic N) is 1. The first kappa shape index (κ1) is 22.4. The molecule has 162 valence electrons. The minimum Gasteiger partial charge on any atom is -0.495 e. The van der Waals surface area contributed by atoms with Crippen molar-refractivity contribution in [2.24, 2.45) is 5.92 Å². The topological polar surface area (TPSA) is 84.9 Å². The number of piperidine rings is 1. The smallest absolute Gasteiger partial charge is 0.246 e. The lowest BCUT2D eigenvalue weighted by Gasteiger charge is -2.31. The highest BCUT2D eigenvalue weighted by Gasteiger charge is 2.35. The maximum atomic E-state index is 13.2. The van der Waals surface area contributed by atoms with Crippen molar-refractivity contribution < 1.29 is 22.7 Å². The van der Waals surface area contributed by atoms with E-state index in [-0.39, 0.29) is 23.1 Å². The summed E-state index contributed by atoms with van der Waals surface area (Å²) in [6, 6.07) is 9.96. The molecular formula is C21H25ClN2O5S. The Morgan fingerprint density at radius 3 is 2.53 bits per heavy atom. The van der Waals surface area contributed by atoms with Gasteiger partial charge in [0, 0.05) is 18.1 Å². The van der Waals surface area contributed by atoms with E-state index in [9.17, 15) is 13.2 Å². The van der Waals surface area contributed by atoms with Gasteiger partial charge in [-0.1, -0.05) is 17.7 Å². The zero-order valence-corrected chi connectivity index (χ0v) is 18.7. The Morgan fingerprint density at radius 1 is 1.13 bits per heavy atom. The zero-order chi connectivity index (χ0) is 21.9. The van der Waals surface area contributed by atoms with E-state index in [1.54, 1.807) is 12.1 Å². The number of carbonyl (C=O) groups excluding carboxylic acids is 1. The summed E-state index contributed by atoms with van der Waals surface area (Å²) in [4.78, 5) is 12.9. The number of hydrogen-bond acceptors (Lipinski definition) is 5. The van der Waals surface area contributed by atoms with Crippen molar-refractivity contribution >= 4 is 33.2 Å². The number of nitrogens with one attached hydrogen (secondary N) is 1. The van der Waals surface area contributed by atoms with Crippen LogP contribution in [-0.4, -0.2) is 45.9 Å². The van der Waals surface area contributed by atoms with E-state index in [2.05, 4.69) is 5.32 Å². The molecule has 2 aromatic carbocycles. The number of anilines is 1. The van der Waals surface area contributed by atoms with Gasteiger partial charge in [0.05, 0.1) is 25.8 Å². The number of amides is 1. The highest BCUT2D eigenvalue weighted by molar-refractivity contribution is 7.89. The van der Waals surface area contributed by atoms with Crippen molar-refractivity contribution in [3.8, 4) is 11.5 Å². The predicted octanol–water partition coefficient (Wildman–Crippen LogP) is 3.71. The second-order valence-electron chi connectivity index (χ2n) is 7.19. The average Bonchev–Trinajstić information content (AvgIpc) is 2.74. The van der Waals surface area contributed by atoms with Gasteiger partial charge in [-0.3, -0.25) is 4.79 Å². The van der Waals surface area contributed by atoms with Gasteiger partial charge >= 0.3 is 0 Å². The first-order valence-electron chi connectivity index (χ1n) is 9.55. The van der Waals surface area contributed by atoms with Gasteiger partial charge in [0.2, 0.25) is 15.9 Å². The molecule has 1 amide bonds. The molecule has 0 unspecified atom stereocenters. The molecule has 0 saturated carbocycles. The molecule has 9 heteroatoms. The second-order valence-corrected chi connectivity index (χ2v) is 9.53.